The summed E-state index contributed by atoms with van der Waals surface area (Å²) in [5.41, 5.74) is 6.84. The van der Waals surface area contributed by atoms with E-state index < -0.39 is 0 Å². The molecule has 92 valence electrons. The van der Waals surface area contributed by atoms with Gasteiger partial charge in [-0.3, -0.25) is 5.32 Å². The maximum absolute atomic E-state index is 5.66. The van der Waals surface area contributed by atoms with Crippen molar-refractivity contribution < 1.29 is 0 Å². The van der Waals surface area contributed by atoms with Gasteiger partial charge in [-0.2, -0.15) is 0 Å². The highest BCUT2D eigenvalue weighted by Gasteiger charge is 2.15. The monoisotopic (exact) mass is 249 g/mol. The number of nitrogens with one attached hydrogen (secondary N) is 1. The zero-order valence-corrected chi connectivity index (χ0v) is 11.0. The zero-order chi connectivity index (χ0) is 12.1. The second kappa shape index (κ2) is 6.07. The Morgan fingerprint density at radius 1 is 1.41 bits per heavy atom. The highest BCUT2D eigenvalue weighted by atomic mass is 32.2. The van der Waals surface area contributed by atoms with Gasteiger partial charge < -0.3 is 5.73 Å². The average molecular weight is 249 g/mol. The Balaban J connectivity index is 1.93. The highest BCUT2D eigenvalue weighted by Crippen LogP contribution is 2.23. The minimum absolute atomic E-state index is 0.0460. The van der Waals surface area contributed by atoms with Gasteiger partial charge in [0, 0.05) is 4.90 Å². The summed E-state index contributed by atoms with van der Waals surface area (Å²) in [6.45, 7) is 2.91. The van der Waals surface area contributed by atoms with Gasteiger partial charge in [0.2, 0.25) is 0 Å². The quantitative estimate of drug-likeness (QED) is 0.623. The van der Waals surface area contributed by atoms with E-state index in [1.807, 2.05) is 11.8 Å². The molecule has 1 aromatic rings. The molecule has 0 aromatic heterocycles. The second-order valence-corrected chi connectivity index (χ2v) is 5.34. The van der Waals surface area contributed by atoms with Gasteiger partial charge in [-0.25, -0.2) is 4.99 Å². The lowest BCUT2D eigenvalue weighted by Gasteiger charge is -2.08. The van der Waals surface area contributed by atoms with Crippen molar-refractivity contribution in [2.75, 3.05) is 12.3 Å². The summed E-state index contributed by atoms with van der Waals surface area (Å²) in [6.07, 6.45) is 2.58. The molecule has 0 saturated carbocycles. The van der Waals surface area contributed by atoms with Crippen LogP contribution in [0.5, 0.6) is 0 Å². The summed E-state index contributed by atoms with van der Waals surface area (Å²) in [7, 11) is 0. The van der Waals surface area contributed by atoms with Crippen LogP contribution in [0, 0.1) is 0 Å². The van der Waals surface area contributed by atoms with E-state index in [4.69, 9.17) is 5.73 Å². The molecule has 1 unspecified atom stereocenters. The fraction of sp³-hybridized carbons (Fsp3) is 0.462. The topological polar surface area (TPSA) is 50.4 Å². The van der Waals surface area contributed by atoms with Gasteiger partial charge in [0.05, 0.1) is 6.54 Å². The molecule has 1 aliphatic rings. The summed E-state index contributed by atoms with van der Waals surface area (Å²) >= 11 is 1.92. The molecule has 1 aliphatic heterocycles. The van der Waals surface area contributed by atoms with Gasteiger partial charge in [-0.05, 0) is 29.9 Å². The van der Waals surface area contributed by atoms with Gasteiger partial charge in [-0.15, -0.1) is 11.8 Å². The number of rotatable bonds is 5. The molecule has 0 radical (unpaired) electrons. The van der Waals surface area contributed by atoms with Crippen LogP contribution in [0.2, 0.25) is 0 Å². The molecule has 1 atom stereocenters. The lowest BCUT2D eigenvalue weighted by atomic mass is 10.2. The molecule has 1 heterocycles. The molecular weight excluding hydrogens is 230 g/mol. The predicted octanol–water partition coefficient (Wildman–Crippen LogP) is 2.54. The Labute approximate surface area is 107 Å². The number of nitrogens with zero attached hydrogens (tertiary/aromatic N) is 1. The Morgan fingerprint density at radius 2 is 2.18 bits per heavy atom. The SMILES string of the molecule is CCCCSc1ccc(C2N=C(N)CN2)cc1. The molecule has 3 N–H and O–H groups in total. The van der Waals surface area contributed by atoms with Crippen molar-refractivity contribution >= 4 is 17.6 Å². The third-order valence-corrected chi connectivity index (χ3v) is 3.83. The lowest BCUT2D eigenvalue weighted by Crippen LogP contribution is -2.21. The van der Waals surface area contributed by atoms with Crippen LogP contribution in [0.25, 0.3) is 0 Å². The van der Waals surface area contributed by atoms with Gasteiger partial charge >= 0.3 is 0 Å². The minimum Gasteiger partial charge on any atom is -0.386 e. The van der Waals surface area contributed by atoms with Crippen LogP contribution in [-0.4, -0.2) is 18.1 Å². The number of aliphatic imine (C=N–C) groups is 1. The summed E-state index contributed by atoms with van der Waals surface area (Å²) in [5.74, 6) is 1.89. The highest BCUT2D eigenvalue weighted by molar-refractivity contribution is 7.99. The summed E-state index contributed by atoms with van der Waals surface area (Å²) in [4.78, 5) is 5.67. The van der Waals surface area contributed by atoms with Crippen LogP contribution < -0.4 is 11.1 Å². The Bertz CT molecular complexity index is 386. The number of hydrogen-bond acceptors (Lipinski definition) is 4. The maximum atomic E-state index is 5.66. The number of hydrogen-bond donors (Lipinski definition) is 2. The van der Waals surface area contributed by atoms with E-state index in [0.717, 1.165) is 0 Å². The van der Waals surface area contributed by atoms with E-state index in [0.29, 0.717) is 12.4 Å². The maximum Gasteiger partial charge on any atom is 0.127 e. The molecule has 0 amide bonds. The second-order valence-electron chi connectivity index (χ2n) is 4.17. The molecule has 0 aliphatic carbocycles. The lowest BCUT2D eigenvalue weighted by molar-refractivity contribution is 0.643. The third kappa shape index (κ3) is 3.48. The van der Waals surface area contributed by atoms with Crippen molar-refractivity contribution in [1.82, 2.24) is 5.32 Å². The van der Waals surface area contributed by atoms with Crippen molar-refractivity contribution in [3.63, 3.8) is 0 Å². The standard InChI is InChI=1S/C13H19N3S/c1-2-3-8-17-11-6-4-10(5-7-11)13-15-9-12(14)16-13/h4-7,13,15H,2-3,8-9H2,1H3,(H2,14,16). The van der Waals surface area contributed by atoms with Crippen molar-refractivity contribution in [2.24, 2.45) is 10.7 Å². The molecule has 0 fully saturated rings. The van der Waals surface area contributed by atoms with Gasteiger partial charge in [0.25, 0.3) is 0 Å². The Morgan fingerprint density at radius 3 is 2.76 bits per heavy atom. The largest absolute Gasteiger partial charge is 0.386 e. The fourth-order valence-electron chi connectivity index (χ4n) is 1.73. The van der Waals surface area contributed by atoms with Crippen LogP contribution in [-0.2, 0) is 0 Å². The van der Waals surface area contributed by atoms with Gasteiger partial charge in [0.1, 0.15) is 12.0 Å². The average Bonchev–Trinajstić information content (AvgIpc) is 2.77. The number of amidine groups is 1. The number of thioether (sulfide) groups is 1. The van der Waals surface area contributed by atoms with E-state index in [1.165, 1.54) is 29.1 Å². The summed E-state index contributed by atoms with van der Waals surface area (Å²) in [6, 6.07) is 8.60. The molecule has 0 spiro atoms. The van der Waals surface area contributed by atoms with E-state index in [-0.39, 0.29) is 6.17 Å². The first kappa shape index (κ1) is 12.5. The first-order chi connectivity index (χ1) is 8.29. The van der Waals surface area contributed by atoms with Gasteiger partial charge in [0.15, 0.2) is 0 Å². The minimum atomic E-state index is 0.0460. The Hall–Kier alpha value is -1.00. The number of benzene rings is 1. The van der Waals surface area contributed by atoms with Crippen LogP contribution in [0.4, 0.5) is 0 Å². The predicted molar refractivity (Wildman–Crippen MR) is 74.4 cm³/mol. The molecule has 17 heavy (non-hydrogen) atoms. The molecule has 3 nitrogen and oxygen atoms in total. The van der Waals surface area contributed by atoms with Crippen LogP contribution in [0.3, 0.4) is 0 Å². The van der Waals surface area contributed by atoms with Crippen molar-refractivity contribution in [3.05, 3.63) is 29.8 Å². The van der Waals surface area contributed by atoms with E-state index in [9.17, 15) is 0 Å². The van der Waals surface area contributed by atoms with Crippen LogP contribution >= 0.6 is 11.8 Å². The first-order valence-corrected chi connectivity index (χ1v) is 7.06. The third-order valence-electron chi connectivity index (χ3n) is 2.73. The van der Waals surface area contributed by atoms with Gasteiger partial charge in [-0.1, -0.05) is 25.5 Å². The number of nitrogens with two attached hydrogens (primary N) is 1. The first-order valence-electron chi connectivity index (χ1n) is 6.08. The van der Waals surface area contributed by atoms with E-state index >= 15 is 0 Å². The molecule has 1 aromatic carbocycles. The molecule has 0 bridgehead atoms. The van der Waals surface area contributed by atoms with Crippen LogP contribution in [0.15, 0.2) is 34.2 Å². The zero-order valence-electron chi connectivity index (χ0n) is 10.1. The normalized spacial score (nSPS) is 19.4. The van der Waals surface area contributed by atoms with E-state index in [1.54, 1.807) is 0 Å². The molecule has 0 saturated heterocycles. The molecule has 2 rings (SSSR count). The van der Waals surface area contributed by atoms with Crippen molar-refractivity contribution in [1.29, 1.82) is 0 Å². The smallest absolute Gasteiger partial charge is 0.127 e. The molecular formula is C13H19N3S. The number of unbranched alkanes of at least 4 members (excludes halogenated alkanes) is 1. The summed E-state index contributed by atoms with van der Waals surface area (Å²) < 4.78 is 0. The van der Waals surface area contributed by atoms with Crippen molar-refractivity contribution in [3.8, 4) is 0 Å². The molecule has 4 heteroatoms. The van der Waals surface area contributed by atoms with Crippen LogP contribution in [0.1, 0.15) is 31.5 Å². The Kier molecular flexibility index (Phi) is 4.45. The van der Waals surface area contributed by atoms with E-state index in [2.05, 4.69) is 41.5 Å². The summed E-state index contributed by atoms with van der Waals surface area (Å²) in [5, 5.41) is 3.26. The van der Waals surface area contributed by atoms with Crippen molar-refractivity contribution in [2.45, 2.75) is 30.8 Å². The fourth-order valence-corrected chi connectivity index (χ4v) is 2.73.